The highest BCUT2D eigenvalue weighted by Gasteiger charge is 2.43. The molecule has 144 valence electrons. The summed E-state index contributed by atoms with van der Waals surface area (Å²) in [5.74, 6) is 3.02. The van der Waals surface area contributed by atoms with Gasteiger partial charge in [-0.15, -0.1) is 12.4 Å². The summed E-state index contributed by atoms with van der Waals surface area (Å²) in [5, 5.41) is 6.47. The fraction of sp³-hybridized carbons (Fsp3) is 0.650. The lowest BCUT2D eigenvalue weighted by Gasteiger charge is -2.31. The van der Waals surface area contributed by atoms with E-state index in [4.69, 9.17) is 9.47 Å². The van der Waals surface area contributed by atoms with Crippen LogP contribution in [-0.2, 0) is 11.2 Å². The van der Waals surface area contributed by atoms with Gasteiger partial charge in [0.15, 0.2) is 0 Å². The van der Waals surface area contributed by atoms with Crippen LogP contribution in [-0.4, -0.2) is 37.7 Å². The maximum Gasteiger partial charge on any atom is 0.223 e. The summed E-state index contributed by atoms with van der Waals surface area (Å²) >= 11 is 0. The second kappa shape index (κ2) is 7.65. The van der Waals surface area contributed by atoms with Gasteiger partial charge in [-0.1, -0.05) is 6.92 Å². The largest absolute Gasteiger partial charge is 0.494 e. The Hall–Kier alpha value is -1.46. The molecule has 6 heteroatoms. The Morgan fingerprint density at radius 2 is 2.19 bits per heavy atom. The third kappa shape index (κ3) is 3.65. The maximum absolute atomic E-state index is 12.5. The summed E-state index contributed by atoms with van der Waals surface area (Å²) in [4.78, 5) is 12.5. The summed E-state index contributed by atoms with van der Waals surface area (Å²) in [6, 6.07) is 4.50. The molecule has 26 heavy (non-hydrogen) atoms. The van der Waals surface area contributed by atoms with E-state index < -0.39 is 0 Å². The molecule has 0 aromatic heterocycles. The molecular formula is C20H29ClN2O3. The van der Waals surface area contributed by atoms with Gasteiger partial charge >= 0.3 is 0 Å². The second-order valence-corrected chi connectivity index (χ2v) is 7.73. The van der Waals surface area contributed by atoms with Crippen molar-refractivity contribution in [3.05, 3.63) is 23.3 Å². The number of hydrogen-bond acceptors (Lipinski definition) is 4. The summed E-state index contributed by atoms with van der Waals surface area (Å²) < 4.78 is 11.8. The number of carbonyl (C=O) groups is 1. The average molecular weight is 381 g/mol. The van der Waals surface area contributed by atoms with E-state index >= 15 is 0 Å². The number of benzene rings is 1. The lowest BCUT2D eigenvalue weighted by molar-refractivity contribution is -0.126. The monoisotopic (exact) mass is 380 g/mol. The molecule has 4 unspecified atom stereocenters. The summed E-state index contributed by atoms with van der Waals surface area (Å²) in [5.41, 5.74) is 2.41. The van der Waals surface area contributed by atoms with Gasteiger partial charge in [-0.2, -0.15) is 0 Å². The highest BCUT2D eigenvalue weighted by atomic mass is 35.5. The summed E-state index contributed by atoms with van der Waals surface area (Å²) in [6.07, 6.45) is 2.15. The van der Waals surface area contributed by atoms with E-state index in [1.807, 2.05) is 13.8 Å². The van der Waals surface area contributed by atoms with Crippen LogP contribution in [0.1, 0.15) is 44.2 Å². The SMILES string of the molecule is CCOc1cc2c(cc1C1CC1NC(=O)C(C)C1CNC1)OC(C)C2.Cl. The van der Waals surface area contributed by atoms with Crippen molar-refractivity contribution in [2.24, 2.45) is 11.8 Å². The Morgan fingerprint density at radius 1 is 1.42 bits per heavy atom. The van der Waals surface area contributed by atoms with Gasteiger partial charge < -0.3 is 20.1 Å². The Morgan fingerprint density at radius 3 is 2.85 bits per heavy atom. The number of carbonyl (C=O) groups excluding carboxylic acids is 1. The molecule has 1 aromatic rings. The fourth-order valence-corrected chi connectivity index (χ4v) is 3.92. The predicted molar refractivity (Wildman–Crippen MR) is 103 cm³/mol. The van der Waals surface area contributed by atoms with E-state index in [1.54, 1.807) is 0 Å². The smallest absolute Gasteiger partial charge is 0.223 e. The van der Waals surface area contributed by atoms with Crippen LogP contribution in [0.25, 0.3) is 0 Å². The highest BCUT2D eigenvalue weighted by molar-refractivity contribution is 5.85. The van der Waals surface area contributed by atoms with Crippen LogP contribution in [0.3, 0.4) is 0 Å². The van der Waals surface area contributed by atoms with Gasteiger partial charge in [-0.25, -0.2) is 0 Å². The van der Waals surface area contributed by atoms with Crippen LogP contribution < -0.4 is 20.1 Å². The summed E-state index contributed by atoms with van der Waals surface area (Å²) in [6.45, 7) is 8.70. The van der Waals surface area contributed by atoms with Gasteiger partial charge in [-0.3, -0.25) is 4.79 Å². The molecule has 1 saturated carbocycles. The Labute approximate surface area is 161 Å². The molecule has 3 aliphatic rings. The van der Waals surface area contributed by atoms with Crippen LogP contribution >= 0.6 is 12.4 Å². The van der Waals surface area contributed by atoms with Crippen LogP contribution in [0.4, 0.5) is 0 Å². The highest BCUT2D eigenvalue weighted by Crippen LogP contribution is 2.48. The zero-order valence-corrected chi connectivity index (χ0v) is 16.5. The molecular weight excluding hydrogens is 352 g/mol. The van der Waals surface area contributed by atoms with E-state index in [2.05, 4.69) is 29.7 Å². The van der Waals surface area contributed by atoms with Crippen LogP contribution in [0.2, 0.25) is 0 Å². The molecule has 0 radical (unpaired) electrons. The van der Waals surface area contributed by atoms with E-state index in [9.17, 15) is 4.79 Å². The molecule has 2 N–H and O–H groups in total. The topological polar surface area (TPSA) is 59.6 Å². The van der Waals surface area contributed by atoms with Gasteiger partial charge in [0.2, 0.25) is 5.91 Å². The molecule has 5 nitrogen and oxygen atoms in total. The number of fused-ring (bicyclic) bond motifs is 1. The molecule has 0 bridgehead atoms. The Balaban J connectivity index is 0.00000196. The molecule has 1 aromatic carbocycles. The lowest BCUT2D eigenvalue weighted by atomic mass is 9.88. The number of halogens is 1. The molecule has 0 spiro atoms. The van der Waals surface area contributed by atoms with Crippen LogP contribution in [0.15, 0.2) is 12.1 Å². The molecule has 1 aliphatic carbocycles. The third-order valence-corrected chi connectivity index (χ3v) is 5.78. The van der Waals surface area contributed by atoms with Crippen molar-refractivity contribution in [3.8, 4) is 11.5 Å². The Bertz CT molecular complexity index is 677. The normalized spacial score (nSPS) is 27.4. The molecule has 2 aliphatic heterocycles. The van der Waals surface area contributed by atoms with E-state index in [0.29, 0.717) is 18.4 Å². The number of hydrogen-bond donors (Lipinski definition) is 2. The number of nitrogens with one attached hydrogen (secondary N) is 2. The zero-order chi connectivity index (χ0) is 17.6. The molecule has 4 atom stereocenters. The lowest BCUT2D eigenvalue weighted by Crippen LogP contribution is -2.50. The zero-order valence-electron chi connectivity index (χ0n) is 15.7. The number of rotatable bonds is 6. The minimum atomic E-state index is 0. The number of ether oxygens (including phenoxy) is 2. The molecule has 2 heterocycles. The first-order valence-electron chi connectivity index (χ1n) is 9.54. The second-order valence-electron chi connectivity index (χ2n) is 7.73. The van der Waals surface area contributed by atoms with Crippen molar-refractivity contribution in [2.75, 3.05) is 19.7 Å². The van der Waals surface area contributed by atoms with Crippen molar-refractivity contribution in [3.63, 3.8) is 0 Å². The van der Waals surface area contributed by atoms with Crippen molar-refractivity contribution in [1.29, 1.82) is 0 Å². The standard InChI is InChI=1S/C20H28N2O3.ClH/c1-4-24-19-6-13-5-11(2)25-18(13)8-16(19)15-7-17(15)22-20(23)12(3)14-9-21-10-14;/h6,8,11-12,14-15,17,21H,4-5,7,9-10H2,1-3H3,(H,22,23);1H. The third-order valence-electron chi connectivity index (χ3n) is 5.78. The quantitative estimate of drug-likeness (QED) is 0.796. The van der Waals surface area contributed by atoms with Gasteiger partial charge in [0.05, 0.1) is 6.61 Å². The predicted octanol–water partition coefficient (Wildman–Crippen LogP) is 2.66. The van der Waals surface area contributed by atoms with Gasteiger partial charge in [0.25, 0.3) is 0 Å². The van der Waals surface area contributed by atoms with Crippen molar-refractivity contribution in [1.82, 2.24) is 10.6 Å². The molecule has 1 saturated heterocycles. The van der Waals surface area contributed by atoms with E-state index in [0.717, 1.165) is 37.4 Å². The fourth-order valence-electron chi connectivity index (χ4n) is 3.92. The number of amides is 1. The minimum absolute atomic E-state index is 0. The van der Waals surface area contributed by atoms with E-state index in [1.165, 1.54) is 11.1 Å². The van der Waals surface area contributed by atoms with Crippen molar-refractivity contribution >= 4 is 18.3 Å². The van der Waals surface area contributed by atoms with Gasteiger partial charge in [0, 0.05) is 35.4 Å². The van der Waals surface area contributed by atoms with Crippen LogP contribution in [0.5, 0.6) is 11.5 Å². The van der Waals surface area contributed by atoms with Crippen molar-refractivity contribution < 1.29 is 14.3 Å². The Kier molecular flexibility index (Phi) is 5.68. The molecule has 4 rings (SSSR count). The van der Waals surface area contributed by atoms with E-state index in [-0.39, 0.29) is 36.4 Å². The molecule has 2 fully saturated rings. The first-order valence-corrected chi connectivity index (χ1v) is 9.54. The van der Waals surface area contributed by atoms with Gasteiger partial charge in [0.1, 0.15) is 17.6 Å². The minimum Gasteiger partial charge on any atom is -0.494 e. The van der Waals surface area contributed by atoms with Gasteiger partial charge in [-0.05, 0) is 51.4 Å². The van der Waals surface area contributed by atoms with Crippen LogP contribution in [0, 0.1) is 11.8 Å². The first-order chi connectivity index (χ1) is 12.1. The molecule has 1 amide bonds. The first kappa shape index (κ1) is 19.3. The van der Waals surface area contributed by atoms with Crippen molar-refractivity contribution in [2.45, 2.75) is 51.7 Å². The summed E-state index contributed by atoms with van der Waals surface area (Å²) in [7, 11) is 0. The maximum atomic E-state index is 12.5. The average Bonchev–Trinajstić information content (AvgIpc) is 3.17.